The number of aryl methyl sites for hydroxylation is 1. The SMILES string of the molecule is CC(C)(C)OC(=O)CCCn1cnc2ccc(Nc3cccc(NS(=O)(=O)N4CC[C@@H](F)C4)c3C#N)cc2c1=O. The molecule has 0 unspecified atom stereocenters. The van der Waals surface area contributed by atoms with E-state index in [-0.39, 0.29) is 55.3 Å². The van der Waals surface area contributed by atoms with Gasteiger partial charge in [-0.2, -0.15) is 18.0 Å². The van der Waals surface area contributed by atoms with E-state index in [0.717, 1.165) is 4.31 Å². The summed E-state index contributed by atoms with van der Waals surface area (Å²) in [6, 6.07) is 11.6. The third-order valence-corrected chi connectivity index (χ3v) is 7.64. The zero-order valence-electron chi connectivity index (χ0n) is 22.5. The van der Waals surface area contributed by atoms with Crippen LogP contribution in [0.1, 0.15) is 45.6 Å². The Hall–Kier alpha value is -4.02. The van der Waals surface area contributed by atoms with Crippen molar-refractivity contribution in [3.05, 3.63) is 58.6 Å². The van der Waals surface area contributed by atoms with Crippen LogP contribution in [0.3, 0.4) is 0 Å². The number of halogens is 1. The number of esters is 1. The average Bonchev–Trinajstić information content (AvgIpc) is 3.32. The number of alkyl halides is 1. The maximum absolute atomic E-state index is 13.6. The van der Waals surface area contributed by atoms with E-state index in [2.05, 4.69) is 15.0 Å². The van der Waals surface area contributed by atoms with E-state index in [0.29, 0.717) is 28.7 Å². The van der Waals surface area contributed by atoms with Crippen LogP contribution in [0.5, 0.6) is 0 Å². The van der Waals surface area contributed by atoms with Crippen molar-refractivity contribution in [3.63, 3.8) is 0 Å². The van der Waals surface area contributed by atoms with Crippen LogP contribution in [0.2, 0.25) is 0 Å². The van der Waals surface area contributed by atoms with Gasteiger partial charge in [0, 0.05) is 31.7 Å². The lowest BCUT2D eigenvalue weighted by atomic mass is 10.1. The van der Waals surface area contributed by atoms with Gasteiger partial charge in [0.2, 0.25) is 0 Å². The third kappa shape index (κ3) is 6.94. The molecule has 2 N–H and O–H groups in total. The van der Waals surface area contributed by atoms with Gasteiger partial charge < -0.3 is 10.1 Å². The Kier molecular flexibility index (Phi) is 8.41. The number of aromatic nitrogens is 2. The lowest BCUT2D eigenvalue weighted by Gasteiger charge is -2.19. The van der Waals surface area contributed by atoms with Gasteiger partial charge in [0.15, 0.2) is 0 Å². The molecule has 1 aliphatic heterocycles. The molecule has 0 saturated carbocycles. The summed E-state index contributed by atoms with van der Waals surface area (Å²) in [5.74, 6) is -0.342. The van der Waals surface area contributed by atoms with Crippen molar-refractivity contribution < 1.29 is 22.3 Å². The molecule has 1 saturated heterocycles. The Morgan fingerprint density at radius 2 is 2.00 bits per heavy atom. The molecule has 0 aliphatic carbocycles. The van der Waals surface area contributed by atoms with Gasteiger partial charge >= 0.3 is 16.2 Å². The smallest absolute Gasteiger partial charge is 0.306 e. The van der Waals surface area contributed by atoms with Crippen LogP contribution in [-0.2, 0) is 26.3 Å². The number of anilines is 3. The number of nitriles is 1. The predicted octanol–water partition coefficient (Wildman–Crippen LogP) is 3.83. The summed E-state index contributed by atoms with van der Waals surface area (Å²) in [4.78, 5) is 29.5. The lowest BCUT2D eigenvalue weighted by molar-refractivity contribution is -0.154. The molecule has 40 heavy (non-hydrogen) atoms. The highest BCUT2D eigenvalue weighted by Crippen LogP contribution is 2.29. The number of carbonyl (C=O) groups excluding carboxylic acids is 1. The molecule has 11 nitrogen and oxygen atoms in total. The highest BCUT2D eigenvalue weighted by Gasteiger charge is 2.32. The Morgan fingerprint density at radius 1 is 1.25 bits per heavy atom. The van der Waals surface area contributed by atoms with Crippen molar-refractivity contribution in [1.29, 1.82) is 5.26 Å². The van der Waals surface area contributed by atoms with Crippen LogP contribution in [0, 0.1) is 11.3 Å². The second-order valence-electron chi connectivity index (χ2n) is 10.5. The normalized spacial score (nSPS) is 16.0. The summed E-state index contributed by atoms with van der Waals surface area (Å²) < 4.78 is 49.1. The fourth-order valence-corrected chi connectivity index (χ4v) is 5.59. The molecular formula is C27H31FN6O5S. The zero-order chi connectivity index (χ0) is 29.1. The Bertz CT molecular complexity index is 1630. The van der Waals surface area contributed by atoms with Gasteiger partial charge in [-0.05, 0) is 63.9 Å². The van der Waals surface area contributed by atoms with Crippen molar-refractivity contribution in [2.75, 3.05) is 23.1 Å². The molecule has 1 aliphatic rings. The molecule has 2 aromatic carbocycles. The molecule has 0 amide bonds. The summed E-state index contributed by atoms with van der Waals surface area (Å²) >= 11 is 0. The minimum atomic E-state index is -4.05. The fraction of sp³-hybridized carbons (Fsp3) is 0.407. The molecule has 2 heterocycles. The fourth-order valence-electron chi connectivity index (χ4n) is 4.31. The molecule has 4 rings (SSSR count). The van der Waals surface area contributed by atoms with Gasteiger partial charge in [-0.25, -0.2) is 9.37 Å². The minimum Gasteiger partial charge on any atom is -0.460 e. The van der Waals surface area contributed by atoms with E-state index >= 15 is 0 Å². The van der Waals surface area contributed by atoms with Crippen LogP contribution in [0.4, 0.5) is 21.5 Å². The topological polar surface area (TPSA) is 146 Å². The number of hydrogen-bond acceptors (Lipinski definition) is 8. The monoisotopic (exact) mass is 570 g/mol. The van der Waals surface area contributed by atoms with E-state index in [1.165, 1.54) is 17.0 Å². The molecule has 0 bridgehead atoms. The van der Waals surface area contributed by atoms with Crippen LogP contribution in [0.15, 0.2) is 47.5 Å². The summed E-state index contributed by atoms with van der Waals surface area (Å²) in [6.45, 7) is 5.47. The highest BCUT2D eigenvalue weighted by molar-refractivity contribution is 7.90. The number of ether oxygens (including phenoxy) is 1. The Labute approximate surface area is 231 Å². The van der Waals surface area contributed by atoms with E-state index in [1.807, 2.05) is 6.07 Å². The van der Waals surface area contributed by atoms with Crippen molar-refractivity contribution in [2.24, 2.45) is 0 Å². The van der Waals surface area contributed by atoms with E-state index in [1.54, 1.807) is 51.1 Å². The van der Waals surface area contributed by atoms with Gasteiger partial charge in [-0.15, -0.1) is 0 Å². The number of fused-ring (bicyclic) bond motifs is 1. The van der Waals surface area contributed by atoms with E-state index in [4.69, 9.17) is 4.74 Å². The van der Waals surface area contributed by atoms with Gasteiger partial charge in [-0.3, -0.25) is 18.9 Å². The molecule has 3 aromatic rings. The largest absolute Gasteiger partial charge is 0.460 e. The second kappa shape index (κ2) is 11.6. The van der Waals surface area contributed by atoms with Crippen LogP contribution in [-0.4, -0.2) is 53.1 Å². The number of hydrogen-bond donors (Lipinski definition) is 2. The molecular weight excluding hydrogens is 539 g/mol. The lowest BCUT2D eigenvalue weighted by Crippen LogP contribution is -2.34. The standard InChI is InChI=1S/C27H31FN6O5S/c1-27(2,3)39-25(35)8-5-12-33-17-30-22-10-9-19(14-20(22)26(33)36)31-23-6-4-7-24(21(23)15-29)32-40(37,38)34-13-11-18(28)16-34/h4,6-7,9-10,14,17-18,31-32H,5,8,11-13,16H2,1-3H3/t18-/m1/s1. The van der Waals surface area contributed by atoms with Crippen LogP contribution >= 0.6 is 0 Å². The number of benzene rings is 2. The summed E-state index contributed by atoms with van der Waals surface area (Å²) in [5.41, 5.74) is 0.471. The first-order valence-corrected chi connectivity index (χ1v) is 14.2. The van der Waals surface area contributed by atoms with E-state index in [9.17, 15) is 27.7 Å². The zero-order valence-corrected chi connectivity index (χ0v) is 23.3. The van der Waals surface area contributed by atoms with Gasteiger partial charge in [-0.1, -0.05) is 6.07 Å². The van der Waals surface area contributed by atoms with Crippen molar-refractivity contribution in [3.8, 4) is 6.07 Å². The van der Waals surface area contributed by atoms with E-state index < -0.39 is 22.0 Å². The minimum absolute atomic E-state index is 0.0351. The molecule has 1 atom stereocenters. The van der Waals surface area contributed by atoms with Crippen LogP contribution < -0.4 is 15.6 Å². The summed E-state index contributed by atoms with van der Waals surface area (Å²) in [7, 11) is -4.05. The number of rotatable bonds is 9. The highest BCUT2D eigenvalue weighted by atomic mass is 32.2. The molecule has 0 radical (unpaired) electrons. The molecule has 1 aromatic heterocycles. The Balaban J connectivity index is 1.53. The summed E-state index contributed by atoms with van der Waals surface area (Å²) in [5, 5.41) is 13.2. The average molecular weight is 571 g/mol. The van der Waals surface area contributed by atoms with Crippen LogP contribution in [0.25, 0.3) is 10.9 Å². The maximum atomic E-state index is 13.6. The third-order valence-electron chi connectivity index (χ3n) is 6.15. The first-order valence-electron chi connectivity index (χ1n) is 12.8. The molecule has 1 fully saturated rings. The van der Waals surface area contributed by atoms with Gasteiger partial charge in [0.25, 0.3) is 5.56 Å². The second-order valence-corrected chi connectivity index (χ2v) is 12.2. The van der Waals surface area contributed by atoms with Gasteiger partial charge in [0.1, 0.15) is 17.8 Å². The molecule has 212 valence electrons. The molecule has 0 spiro atoms. The van der Waals surface area contributed by atoms with Crippen molar-refractivity contribution >= 4 is 44.1 Å². The van der Waals surface area contributed by atoms with Crippen molar-refractivity contribution in [1.82, 2.24) is 13.9 Å². The predicted molar refractivity (Wildman–Crippen MR) is 149 cm³/mol. The van der Waals surface area contributed by atoms with Crippen molar-refractivity contribution in [2.45, 2.75) is 58.4 Å². The number of carbonyl (C=O) groups is 1. The first-order chi connectivity index (χ1) is 18.9. The molecule has 13 heteroatoms. The number of nitrogens with zero attached hydrogens (tertiary/aromatic N) is 4. The number of nitrogens with one attached hydrogen (secondary N) is 2. The first kappa shape index (κ1) is 29.0. The quantitative estimate of drug-likeness (QED) is 0.369. The maximum Gasteiger partial charge on any atom is 0.306 e. The Morgan fingerprint density at radius 3 is 2.67 bits per heavy atom. The van der Waals surface area contributed by atoms with Gasteiger partial charge in [0.05, 0.1) is 34.2 Å². The summed E-state index contributed by atoms with van der Waals surface area (Å²) in [6.07, 6.45) is 0.888.